The van der Waals surface area contributed by atoms with Gasteiger partial charge < -0.3 is 14.3 Å². The van der Waals surface area contributed by atoms with E-state index in [9.17, 15) is 0 Å². The van der Waals surface area contributed by atoms with Gasteiger partial charge in [-0.1, -0.05) is 97.6 Å². The van der Waals surface area contributed by atoms with Crippen LogP contribution < -0.4 is 5.32 Å². The first kappa shape index (κ1) is 25.7. The van der Waals surface area contributed by atoms with Gasteiger partial charge in [-0.25, -0.2) is 0 Å². The van der Waals surface area contributed by atoms with Crippen LogP contribution in [0.4, 0.5) is 11.4 Å². The fraction of sp³-hybridized carbons (Fsp3) is 0.0476. The molecule has 2 aromatic heterocycles. The fourth-order valence-electron chi connectivity index (χ4n) is 7.19. The Hall–Kier alpha value is -5.80. The van der Waals surface area contributed by atoms with E-state index >= 15 is 0 Å². The molecule has 9 rings (SSSR count). The van der Waals surface area contributed by atoms with Gasteiger partial charge in [-0.2, -0.15) is 0 Å². The van der Waals surface area contributed by atoms with E-state index in [1.165, 1.54) is 44.5 Å². The monoisotopic (exact) mass is 578 g/mol. The summed E-state index contributed by atoms with van der Waals surface area (Å²) in [7, 11) is 0. The number of anilines is 2. The zero-order valence-corrected chi connectivity index (χ0v) is 24.7. The molecule has 1 atom stereocenters. The quantitative estimate of drug-likeness (QED) is 0.199. The van der Waals surface area contributed by atoms with Gasteiger partial charge in [0.1, 0.15) is 11.3 Å². The molecule has 214 valence electrons. The van der Waals surface area contributed by atoms with E-state index in [4.69, 9.17) is 4.42 Å². The number of fused-ring (bicyclic) bond motifs is 7. The lowest BCUT2D eigenvalue weighted by Gasteiger charge is -2.16. The normalized spacial score (nSPS) is 14.9. The Balaban J connectivity index is 0.960. The molecule has 3 nitrogen and oxygen atoms in total. The first-order valence-electron chi connectivity index (χ1n) is 15.5. The summed E-state index contributed by atoms with van der Waals surface area (Å²) in [6.45, 7) is 3.92. The maximum Gasteiger partial charge on any atom is 0.136 e. The Morgan fingerprint density at radius 1 is 0.800 bits per heavy atom. The minimum atomic E-state index is 0.407. The summed E-state index contributed by atoms with van der Waals surface area (Å²) in [6, 6.07) is 43.1. The molecule has 0 fully saturated rings. The van der Waals surface area contributed by atoms with E-state index in [0.29, 0.717) is 5.92 Å². The van der Waals surface area contributed by atoms with E-state index in [0.717, 1.165) is 45.7 Å². The summed E-state index contributed by atoms with van der Waals surface area (Å²) < 4.78 is 8.64. The average molecular weight is 579 g/mol. The zero-order valence-electron chi connectivity index (χ0n) is 24.7. The molecule has 3 heteroatoms. The highest BCUT2D eigenvalue weighted by Gasteiger charge is 2.34. The van der Waals surface area contributed by atoms with Crippen molar-refractivity contribution in [2.24, 2.45) is 0 Å². The summed E-state index contributed by atoms with van der Waals surface area (Å²) in [5.74, 6) is 1.24. The van der Waals surface area contributed by atoms with Crippen LogP contribution in [-0.2, 0) is 0 Å². The molecule has 0 spiro atoms. The van der Waals surface area contributed by atoms with Crippen molar-refractivity contribution in [2.45, 2.75) is 12.3 Å². The molecule has 3 heterocycles. The van der Waals surface area contributed by atoms with Crippen molar-refractivity contribution in [3.05, 3.63) is 174 Å². The molecule has 0 amide bonds. The predicted octanol–water partition coefficient (Wildman–Crippen LogP) is 11.3. The van der Waals surface area contributed by atoms with Crippen molar-refractivity contribution >= 4 is 44.9 Å². The number of para-hydroxylation sites is 2. The van der Waals surface area contributed by atoms with Crippen LogP contribution in [0.2, 0.25) is 0 Å². The molecular formula is C42H30N2O. The van der Waals surface area contributed by atoms with E-state index < -0.39 is 0 Å². The highest BCUT2D eigenvalue weighted by molar-refractivity contribution is 5.96. The molecule has 1 aliphatic heterocycles. The highest BCUT2D eigenvalue weighted by atomic mass is 16.3. The Bertz CT molecular complexity index is 2290. The first-order chi connectivity index (χ1) is 22.2. The Labute approximate surface area is 262 Å². The fourth-order valence-corrected chi connectivity index (χ4v) is 7.19. The van der Waals surface area contributed by atoms with E-state index in [-0.39, 0.29) is 0 Å². The van der Waals surface area contributed by atoms with Crippen molar-refractivity contribution in [3.63, 3.8) is 0 Å². The van der Waals surface area contributed by atoms with Crippen LogP contribution in [0.1, 0.15) is 40.5 Å². The summed E-state index contributed by atoms with van der Waals surface area (Å²) in [5, 5.41) is 6.00. The lowest BCUT2D eigenvalue weighted by atomic mass is 9.86. The number of nitrogens with zero attached hydrogens (tertiary/aromatic N) is 1. The van der Waals surface area contributed by atoms with Crippen molar-refractivity contribution < 1.29 is 4.42 Å². The molecule has 1 aliphatic carbocycles. The molecule has 45 heavy (non-hydrogen) atoms. The van der Waals surface area contributed by atoms with Gasteiger partial charge in [-0.3, -0.25) is 0 Å². The molecule has 7 aromatic rings. The topological polar surface area (TPSA) is 30.1 Å². The number of rotatable bonds is 6. The predicted molar refractivity (Wildman–Crippen MR) is 187 cm³/mol. The molecule has 0 saturated carbocycles. The summed E-state index contributed by atoms with van der Waals surface area (Å²) >= 11 is 0. The number of furan rings is 1. The summed E-state index contributed by atoms with van der Waals surface area (Å²) in [6.07, 6.45) is 9.51. The molecule has 0 saturated heterocycles. The molecule has 2 aliphatic rings. The molecule has 1 N–H and O–H groups in total. The number of allylic oxidation sites excluding steroid dienone is 3. The van der Waals surface area contributed by atoms with Gasteiger partial charge in [0, 0.05) is 50.6 Å². The highest BCUT2D eigenvalue weighted by Crippen LogP contribution is 2.49. The number of nitrogens with one attached hydrogen (secondary N) is 1. The number of benzene rings is 5. The Morgan fingerprint density at radius 2 is 1.56 bits per heavy atom. The molecule has 1 unspecified atom stereocenters. The summed E-state index contributed by atoms with van der Waals surface area (Å²) in [4.78, 5) is 0. The maximum atomic E-state index is 6.15. The maximum absolute atomic E-state index is 6.15. The minimum absolute atomic E-state index is 0.407. The zero-order chi connectivity index (χ0) is 29.9. The second kappa shape index (κ2) is 10.1. The second-order valence-electron chi connectivity index (χ2n) is 11.9. The smallest absolute Gasteiger partial charge is 0.136 e. The van der Waals surface area contributed by atoms with Crippen molar-refractivity contribution in [1.29, 1.82) is 0 Å². The van der Waals surface area contributed by atoms with Gasteiger partial charge in [-0.15, -0.1) is 0 Å². The largest absolute Gasteiger partial charge is 0.456 e. The van der Waals surface area contributed by atoms with Crippen LogP contribution >= 0.6 is 0 Å². The van der Waals surface area contributed by atoms with Crippen molar-refractivity contribution in [1.82, 2.24) is 4.57 Å². The van der Waals surface area contributed by atoms with Crippen LogP contribution in [0.25, 0.3) is 50.3 Å². The van der Waals surface area contributed by atoms with Gasteiger partial charge >= 0.3 is 0 Å². The van der Waals surface area contributed by atoms with Gasteiger partial charge in [0.25, 0.3) is 0 Å². The Morgan fingerprint density at radius 3 is 2.38 bits per heavy atom. The molecule has 0 radical (unpaired) electrons. The van der Waals surface area contributed by atoms with Crippen LogP contribution in [0.5, 0.6) is 0 Å². The van der Waals surface area contributed by atoms with Gasteiger partial charge in [0.2, 0.25) is 0 Å². The van der Waals surface area contributed by atoms with E-state index in [1.807, 2.05) is 24.3 Å². The lowest BCUT2D eigenvalue weighted by Crippen LogP contribution is -2.01. The number of hydrogen-bond acceptors (Lipinski definition) is 2. The van der Waals surface area contributed by atoms with Gasteiger partial charge in [0.05, 0.1) is 5.52 Å². The third-order valence-electron chi connectivity index (χ3n) is 9.26. The molecular weight excluding hydrogens is 548 g/mol. The average Bonchev–Trinajstić information content (AvgIpc) is 3.77. The van der Waals surface area contributed by atoms with Gasteiger partial charge in [-0.05, 0) is 83.3 Å². The van der Waals surface area contributed by atoms with E-state index in [2.05, 4.69) is 132 Å². The first-order valence-corrected chi connectivity index (χ1v) is 15.5. The third-order valence-corrected chi connectivity index (χ3v) is 9.26. The van der Waals surface area contributed by atoms with Crippen LogP contribution in [0.3, 0.4) is 0 Å². The number of aromatic nitrogens is 1. The molecule has 0 bridgehead atoms. The van der Waals surface area contributed by atoms with Crippen molar-refractivity contribution in [3.8, 4) is 16.8 Å². The van der Waals surface area contributed by atoms with E-state index in [1.54, 1.807) is 6.08 Å². The minimum Gasteiger partial charge on any atom is -0.456 e. The van der Waals surface area contributed by atoms with Crippen LogP contribution in [0.15, 0.2) is 151 Å². The SMILES string of the molecule is C=CC=C(c1ccc(Nc2ccc(-c3ccc4c(c3)C3CC=Cc5c3n-4c3ccccc53)cc2)cc1)c1cc2ccccc2o1. The standard InChI is InChI=1S/C42H30N2O/c1-2-8-33(41-26-30-9-3-6-14-40(30)45-41)28-17-22-32(23-18-28)43-31-20-15-27(16-21-31)29-19-24-39-37(25-29)36-12-7-11-35-34-10-4-5-13-38(34)44(39)42(35)36/h2-11,13-26,36,43H,1,12H2. The second-order valence-corrected chi connectivity index (χ2v) is 11.9. The van der Waals surface area contributed by atoms with Gasteiger partial charge in [0.15, 0.2) is 0 Å². The van der Waals surface area contributed by atoms with Crippen molar-refractivity contribution in [2.75, 3.05) is 5.32 Å². The summed E-state index contributed by atoms with van der Waals surface area (Å²) in [5.41, 5.74) is 14.4. The molecule has 5 aromatic carbocycles. The number of hydrogen-bond donors (Lipinski definition) is 1. The van der Waals surface area contributed by atoms with Crippen LogP contribution in [-0.4, -0.2) is 4.57 Å². The van der Waals surface area contributed by atoms with Crippen LogP contribution in [0, 0.1) is 0 Å². The third kappa shape index (κ3) is 4.12. The Kier molecular flexibility index (Phi) is 5.79. The lowest BCUT2D eigenvalue weighted by molar-refractivity contribution is 0.600.